The normalized spacial score (nSPS) is 10.5. The first-order chi connectivity index (χ1) is 10.3. The Bertz CT molecular complexity index is 780. The minimum absolute atomic E-state index is 0.0207. The van der Waals surface area contributed by atoms with Crippen molar-refractivity contribution in [1.29, 1.82) is 0 Å². The monoisotopic (exact) mass is 279 g/mol. The van der Waals surface area contributed by atoms with Gasteiger partial charge in [-0.25, -0.2) is 0 Å². The molecule has 5 heteroatoms. The highest BCUT2D eigenvalue weighted by Gasteiger charge is 2.11. The second-order valence-electron chi connectivity index (χ2n) is 4.54. The molecule has 21 heavy (non-hydrogen) atoms. The molecule has 1 amide bonds. The lowest BCUT2D eigenvalue weighted by Gasteiger charge is -2.07. The number of fused-ring (bicyclic) bond motifs is 1. The van der Waals surface area contributed by atoms with Crippen LogP contribution in [-0.4, -0.2) is 21.0 Å². The van der Waals surface area contributed by atoms with Crippen molar-refractivity contribution < 1.29 is 9.90 Å². The summed E-state index contributed by atoms with van der Waals surface area (Å²) in [5.41, 5.74) is 3.19. The third-order valence-corrected chi connectivity index (χ3v) is 3.14. The van der Waals surface area contributed by atoms with Gasteiger partial charge in [0.05, 0.1) is 17.7 Å². The van der Waals surface area contributed by atoms with Crippen LogP contribution in [0, 0.1) is 0 Å². The summed E-state index contributed by atoms with van der Waals surface area (Å²) in [7, 11) is 0. The van der Waals surface area contributed by atoms with Gasteiger partial charge >= 0.3 is 0 Å². The van der Waals surface area contributed by atoms with Crippen LogP contribution < -0.4 is 5.32 Å². The van der Waals surface area contributed by atoms with Crippen LogP contribution in [0.25, 0.3) is 11.0 Å². The van der Waals surface area contributed by atoms with Gasteiger partial charge in [-0.05, 0) is 29.8 Å². The zero-order valence-corrected chi connectivity index (χ0v) is 11.2. The van der Waals surface area contributed by atoms with Gasteiger partial charge in [-0.2, -0.15) is 0 Å². The Morgan fingerprint density at radius 2 is 1.81 bits per heavy atom. The van der Waals surface area contributed by atoms with E-state index in [0.717, 1.165) is 5.56 Å². The molecule has 0 bridgehead atoms. The van der Waals surface area contributed by atoms with Crippen LogP contribution in [0.4, 0.5) is 5.69 Å². The number of rotatable bonds is 3. The van der Waals surface area contributed by atoms with Gasteiger partial charge in [-0.1, -0.05) is 18.2 Å². The zero-order chi connectivity index (χ0) is 14.7. The topological polar surface area (TPSA) is 75.1 Å². The van der Waals surface area contributed by atoms with Crippen molar-refractivity contribution >= 4 is 22.6 Å². The molecule has 0 saturated heterocycles. The molecule has 0 atom stereocenters. The Kier molecular flexibility index (Phi) is 3.57. The van der Waals surface area contributed by atoms with Crippen LogP contribution in [0.15, 0.2) is 54.9 Å². The maximum absolute atomic E-state index is 12.4. The molecular formula is C16H13N3O2. The first-order valence-corrected chi connectivity index (χ1v) is 6.49. The van der Waals surface area contributed by atoms with Crippen molar-refractivity contribution in [2.75, 3.05) is 5.32 Å². The summed E-state index contributed by atoms with van der Waals surface area (Å²) < 4.78 is 0. The van der Waals surface area contributed by atoms with E-state index in [2.05, 4.69) is 15.3 Å². The van der Waals surface area contributed by atoms with E-state index >= 15 is 0 Å². The highest BCUT2D eigenvalue weighted by Crippen LogP contribution is 2.16. The zero-order valence-electron chi connectivity index (χ0n) is 11.2. The van der Waals surface area contributed by atoms with E-state index in [1.807, 2.05) is 6.07 Å². The lowest BCUT2D eigenvalue weighted by molar-refractivity contribution is 0.102. The van der Waals surface area contributed by atoms with Crippen LogP contribution in [0.1, 0.15) is 15.9 Å². The number of para-hydroxylation sites is 1. The number of carbonyl (C=O) groups excluding carboxylic acids is 1. The molecule has 0 aliphatic carbocycles. The number of hydrogen-bond donors (Lipinski definition) is 2. The summed E-state index contributed by atoms with van der Waals surface area (Å²) in [6, 6.07) is 12.3. The Morgan fingerprint density at radius 3 is 2.57 bits per heavy atom. The summed E-state index contributed by atoms with van der Waals surface area (Å²) in [4.78, 5) is 20.8. The van der Waals surface area contributed by atoms with Crippen molar-refractivity contribution in [2.24, 2.45) is 0 Å². The van der Waals surface area contributed by atoms with Gasteiger partial charge in [0.2, 0.25) is 0 Å². The minimum atomic E-state index is -0.238. The van der Waals surface area contributed by atoms with E-state index in [1.54, 1.807) is 48.8 Å². The maximum atomic E-state index is 12.4. The Hall–Kier alpha value is -2.79. The fourth-order valence-corrected chi connectivity index (χ4v) is 2.07. The van der Waals surface area contributed by atoms with Gasteiger partial charge in [0.1, 0.15) is 5.52 Å². The lowest BCUT2D eigenvalue weighted by Crippen LogP contribution is -2.13. The molecule has 2 aromatic carbocycles. The Morgan fingerprint density at radius 1 is 1.05 bits per heavy atom. The number of anilines is 1. The number of aliphatic hydroxyl groups excluding tert-OH is 1. The molecule has 0 saturated carbocycles. The third-order valence-electron chi connectivity index (χ3n) is 3.14. The van der Waals surface area contributed by atoms with E-state index in [-0.39, 0.29) is 12.5 Å². The van der Waals surface area contributed by atoms with Gasteiger partial charge in [0.15, 0.2) is 0 Å². The largest absolute Gasteiger partial charge is 0.392 e. The molecule has 2 N–H and O–H groups in total. The number of aromatic nitrogens is 2. The van der Waals surface area contributed by atoms with Crippen LogP contribution in [0.5, 0.6) is 0 Å². The van der Waals surface area contributed by atoms with Crippen molar-refractivity contribution in [3.05, 3.63) is 66.0 Å². The second kappa shape index (κ2) is 5.68. The van der Waals surface area contributed by atoms with Crippen molar-refractivity contribution in [2.45, 2.75) is 6.61 Å². The van der Waals surface area contributed by atoms with Crippen LogP contribution >= 0.6 is 0 Å². The number of hydrogen-bond acceptors (Lipinski definition) is 4. The fraction of sp³-hybridized carbons (Fsp3) is 0.0625. The van der Waals surface area contributed by atoms with E-state index in [9.17, 15) is 4.79 Å². The molecule has 0 unspecified atom stereocenters. The molecule has 0 fully saturated rings. The number of benzene rings is 2. The Labute approximate surface area is 121 Å². The highest BCUT2D eigenvalue weighted by atomic mass is 16.3. The molecule has 0 aliphatic heterocycles. The molecule has 0 radical (unpaired) electrons. The van der Waals surface area contributed by atoms with Gasteiger partial charge < -0.3 is 10.4 Å². The maximum Gasteiger partial charge on any atom is 0.257 e. The number of nitrogens with zero attached hydrogens (tertiary/aromatic N) is 2. The smallest absolute Gasteiger partial charge is 0.257 e. The Balaban J connectivity index is 1.90. The van der Waals surface area contributed by atoms with Gasteiger partial charge in [0.25, 0.3) is 5.91 Å². The third kappa shape index (κ3) is 2.73. The van der Waals surface area contributed by atoms with Gasteiger partial charge in [-0.15, -0.1) is 0 Å². The highest BCUT2D eigenvalue weighted by molar-refractivity contribution is 6.11. The first-order valence-electron chi connectivity index (χ1n) is 6.49. The van der Waals surface area contributed by atoms with Crippen LogP contribution in [-0.2, 0) is 6.61 Å². The summed E-state index contributed by atoms with van der Waals surface area (Å²) in [6.45, 7) is -0.0207. The number of carbonyl (C=O) groups is 1. The summed E-state index contributed by atoms with van der Waals surface area (Å²) in [5, 5.41) is 11.8. The lowest BCUT2D eigenvalue weighted by atomic mass is 10.1. The molecule has 1 aromatic heterocycles. The van der Waals surface area contributed by atoms with Crippen molar-refractivity contribution in [3.8, 4) is 0 Å². The van der Waals surface area contributed by atoms with E-state index in [1.165, 1.54) is 0 Å². The molecule has 3 rings (SSSR count). The van der Waals surface area contributed by atoms with Crippen LogP contribution in [0.2, 0.25) is 0 Å². The van der Waals surface area contributed by atoms with E-state index in [4.69, 9.17) is 5.11 Å². The molecule has 0 spiro atoms. The van der Waals surface area contributed by atoms with Crippen molar-refractivity contribution in [3.63, 3.8) is 0 Å². The first kappa shape index (κ1) is 13.2. The SMILES string of the molecule is O=C(Nc1ccc(CO)cc1)c1cccc2nccnc12. The average molecular weight is 279 g/mol. The molecule has 104 valence electrons. The van der Waals surface area contributed by atoms with Gasteiger partial charge in [-0.3, -0.25) is 14.8 Å². The molecule has 5 nitrogen and oxygen atoms in total. The van der Waals surface area contributed by atoms with E-state index in [0.29, 0.717) is 22.3 Å². The predicted molar refractivity (Wildman–Crippen MR) is 79.9 cm³/mol. The standard InChI is InChI=1S/C16H13N3O2/c20-10-11-4-6-12(7-5-11)19-16(21)13-2-1-3-14-15(13)18-9-8-17-14/h1-9,20H,10H2,(H,19,21). The molecule has 3 aromatic rings. The predicted octanol–water partition coefficient (Wildman–Crippen LogP) is 2.37. The summed E-state index contributed by atoms with van der Waals surface area (Å²) >= 11 is 0. The second-order valence-corrected chi connectivity index (χ2v) is 4.54. The van der Waals surface area contributed by atoms with Crippen molar-refractivity contribution in [1.82, 2.24) is 9.97 Å². The molecular weight excluding hydrogens is 266 g/mol. The number of amides is 1. The average Bonchev–Trinajstić information content (AvgIpc) is 2.55. The van der Waals surface area contributed by atoms with Crippen LogP contribution in [0.3, 0.4) is 0 Å². The number of nitrogens with one attached hydrogen (secondary N) is 1. The summed E-state index contributed by atoms with van der Waals surface area (Å²) in [6.07, 6.45) is 3.16. The minimum Gasteiger partial charge on any atom is -0.392 e. The number of aliphatic hydroxyl groups is 1. The van der Waals surface area contributed by atoms with E-state index < -0.39 is 0 Å². The van der Waals surface area contributed by atoms with Gasteiger partial charge in [0, 0.05) is 18.1 Å². The molecule has 1 heterocycles. The molecule has 0 aliphatic rings. The fourth-order valence-electron chi connectivity index (χ4n) is 2.07. The summed E-state index contributed by atoms with van der Waals surface area (Å²) in [5.74, 6) is -0.238. The quantitative estimate of drug-likeness (QED) is 0.772.